The van der Waals surface area contributed by atoms with Gasteiger partial charge in [0, 0.05) is 5.56 Å². The van der Waals surface area contributed by atoms with Crippen molar-refractivity contribution in [2.75, 3.05) is 12.0 Å². The first-order chi connectivity index (χ1) is 18.0. The third-order valence-corrected chi connectivity index (χ3v) is 6.92. The van der Waals surface area contributed by atoms with Crippen LogP contribution in [0.1, 0.15) is 43.5 Å². The number of amides is 1. The average molecular weight is 534 g/mol. The van der Waals surface area contributed by atoms with Gasteiger partial charge in [-0.05, 0) is 52.9 Å². The summed E-state index contributed by atoms with van der Waals surface area (Å²) in [5, 5.41) is 11.6. The molecule has 2 N–H and O–H groups in total. The van der Waals surface area contributed by atoms with Crippen LogP contribution in [-0.4, -0.2) is 33.9 Å². The maximum atomic E-state index is 13.8. The van der Waals surface area contributed by atoms with Crippen LogP contribution >= 0.6 is 11.6 Å². The summed E-state index contributed by atoms with van der Waals surface area (Å²) in [4.78, 5) is 35.4. The molecular formula is C29H25ClFN3O4. The lowest BCUT2D eigenvalue weighted by atomic mass is 9.85. The van der Waals surface area contributed by atoms with Gasteiger partial charge in [-0.3, -0.25) is 14.5 Å². The van der Waals surface area contributed by atoms with E-state index in [4.69, 9.17) is 16.3 Å². The quantitative estimate of drug-likeness (QED) is 0.183. The minimum absolute atomic E-state index is 0.0596. The topological polar surface area (TPSA) is 95.5 Å². The van der Waals surface area contributed by atoms with Gasteiger partial charge < -0.3 is 14.8 Å². The number of aromatic nitrogens is 2. The van der Waals surface area contributed by atoms with Gasteiger partial charge in [-0.2, -0.15) is 0 Å². The summed E-state index contributed by atoms with van der Waals surface area (Å²) in [6.07, 6.45) is 0. The van der Waals surface area contributed by atoms with Gasteiger partial charge in [-0.15, -0.1) is 0 Å². The normalized spacial score (nSPS) is 17.4. The van der Waals surface area contributed by atoms with Crippen LogP contribution in [0.5, 0.6) is 5.75 Å². The smallest absolute Gasteiger partial charge is 0.302 e. The van der Waals surface area contributed by atoms with Crippen molar-refractivity contribution >= 4 is 46.0 Å². The maximum absolute atomic E-state index is 13.8. The summed E-state index contributed by atoms with van der Waals surface area (Å²) < 4.78 is 19.0. The number of ether oxygens (including phenoxy) is 1. The first-order valence-electron chi connectivity index (χ1n) is 11.9. The number of ketones is 1. The van der Waals surface area contributed by atoms with Crippen molar-refractivity contribution < 1.29 is 23.8 Å². The Morgan fingerprint density at radius 1 is 1.08 bits per heavy atom. The molecular weight excluding hydrogens is 509 g/mol. The number of Topliss-reactive ketones (excluding diaryl/α,β-unsaturated/α-hetero) is 1. The molecule has 0 saturated carbocycles. The summed E-state index contributed by atoms with van der Waals surface area (Å²) >= 11 is 6.27. The second kappa shape index (κ2) is 9.29. The van der Waals surface area contributed by atoms with E-state index in [0.29, 0.717) is 22.3 Å². The molecule has 1 aliphatic rings. The largest absolute Gasteiger partial charge is 0.507 e. The average Bonchev–Trinajstić information content (AvgIpc) is 3.40. The van der Waals surface area contributed by atoms with Gasteiger partial charge in [0.2, 0.25) is 5.95 Å². The van der Waals surface area contributed by atoms with Crippen molar-refractivity contribution in [1.29, 1.82) is 0 Å². The predicted octanol–water partition coefficient (Wildman–Crippen LogP) is 6.29. The second-order valence-corrected chi connectivity index (χ2v) is 10.5. The Hall–Kier alpha value is -4.17. The van der Waals surface area contributed by atoms with Gasteiger partial charge in [0.25, 0.3) is 5.78 Å². The summed E-state index contributed by atoms with van der Waals surface area (Å²) in [6.45, 7) is 6.24. The highest BCUT2D eigenvalue weighted by atomic mass is 35.5. The molecule has 0 bridgehead atoms. The molecule has 1 unspecified atom stereocenters. The maximum Gasteiger partial charge on any atom is 0.302 e. The Morgan fingerprint density at radius 2 is 1.79 bits per heavy atom. The number of fused-ring (bicyclic) bond motifs is 1. The minimum Gasteiger partial charge on any atom is -0.507 e. The molecule has 0 spiro atoms. The lowest BCUT2D eigenvalue weighted by Crippen LogP contribution is -2.30. The number of aliphatic hydroxyl groups is 1. The Balaban J connectivity index is 1.71. The van der Waals surface area contributed by atoms with Gasteiger partial charge in [0.05, 0.1) is 34.8 Å². The van der Waals surface area contributed by atoms with Gasteiger partial charge in [0.1, 0.15) is 17.3 Å². The van der Waals surface area contributed by atoms with E-state index in [2.05, 4.69) is 30.7 Å². The first kappa shape index (κ1) is 25.5. The van der Waals surface area contributed by atoms with E-state index in [9.17, 15) is 19.1 Å². The highest BCUT2D eigenvalue weighted by molar-refractivity contribution is 6.51. The van der Waals surface area contributed by atoms with E-state index >= 15 is 0 Å². The lowest BCUT2D eigenvalue weighted by Gasteiger charge is -2.25. The minimum atomic E-state index is -1.00. The third kappa shape index (κ3) is 4.31. The number of nitrogens with zero attached hydrogens (tertiary/aromatic N) is 2. The predicted molar refractivity (Wildman–Crippen MR) is 144 cm³/mol. The standard InChI is InChI=1S/C29H25ClFN3O4/c1-29(2,3)17-8-5-15(6-9-17)24-23(25(35)16-7-12-22(38-4)19(30)13-16)26(36)27(37)34(24)28-32-20-11-10-18(31)14-21(20)33-28/h5-14,24,35H,1-4H3,(H,32,33)/b25-23+. The van der Waals surface area contributed by atoms with Crippen LogP contribution in [0.3, 0.4) is 0 Å². The fraction of sp³-hybridized carbons (Fsp3) is 0.207. The first-order valence-corrected chi connectivity index (χ1v) is 12.3. The monoisotopic (exact) mass is 533 g/mol. The molecule has 1 saturated heterocycles. The second-order valence-electron chi connectivity index (χ2n) is 10.1. The van der Waals surface area contributed by atoms with E-state index < -0.39 is 23.5 Å². The number of methoxy groups -OCH3 is 1. The van der Waals surface area contributed by atoms with Crippen LogP contribution in [0, 0.1) is 5.82 Å². The molecule has 1 aromatic heterocycles. The van der Waals surface area contributed by atoms with Crippen molar-refractivity contribution in [2.45, 2.75) is 32.2 Å². The number of aliphatic hydroxyl groups excluding tert-OH is 1. The third-order valence-electron chi connectivity index (χ3n) is 6.62. The Bertz CT molecular complexity index is 1620. The van der Waals surface area contributed by atoms with Crippen molar-refractivity contribution in [3.8, 4) is 5.75 Å². The molecule has 0 aliphatic carbocycles. The van der Waals surface area contributed by atoms with Gasteiger partial charge in [-0.25, -0.2) is 9.37 Å². The zero-order valence-corrected chi connectivity index (χ0v) is 21.9. The molecule has 38 heavy (non-hydrogen) atoms. The van der Waals surface area contributed by atoms with Crippen LogP contribution in [-0.2, 0) is 15.0 Å². The molecule has 9 heteroatoms. The number of hydrogen-bond donors (Lipinski definition) is 2. The number of anilines is 1. The van der Waals surface area contributed by atoms with Crippen molar-refractivity contribution in [3.05, 3.63) is 93.8 Å². The molecule has 7 nitrogen and oxygen atoms in total. The molecule has 194 valence electrons. The molecule has 5 rings (SSSR count). The summed E-state index contributed by atoms with van der Waals surface area (Å²) in [7, 11) is 1.47. The Morgan fingerprint density at radius 3 is 2.42 bits per heavy atom. The molecule has 1 fully saturated rings. The van der Waals surface area contributed by atoms with Crippen LogP contribution in [0.2, 0.25) is 5.02 Å². The van der Waals surface area contributed by atoms with E-state index in [1.165, 1.54) is 36.3 Å². The highest BCUT2D eigenvalue weighted by Crippen LogP contribution is 2.42. The number of benzene rings is 3. The van der Waals surface area contributed by atoms with Crippen molar-refractivity contribution in [1.82, 2.24) is 9.97 Å². The fourth-order valence-electron chi connectivity index (χ4n) is 4.58. The number of aromatic amines is 1. The Labute approximate surface area is 223 Å². The summed E-state index contributed by atoms with van der Waals surface area (Å²) in [5.41, 5.74) is 2.44. The van der Waals surface area contributed by atoms with E-state index in [0.717, 1.165) is 5.56 Å². The van der Waals surface area contributed by atoms with E-state index in [1.807, 2.05) is 24.3 Å². The molecule has 1 amide bonds. The zero-order chi connectivity index (χ0) is 27.4. The summed E-state index contributed by atoms with van der Waals surface area (Å²) in [5.74, 6) is -2.17. The number of halogens is 2. The molecule has 4 aromatic rings. The van der Waals surface area contributed by atoms with Gasteiger partial charge >= 0.3 is 5.91 Å². The molecule has 2 heterocycles. The number of rotatable bonds is 4. The summed E-state index contributed by atoms with van der Waals surface area (Å²) in [6, 6.07) is 15.1. The lowest BCUT2D eigenvalue weighted by molar-refractivity contribution is -0.132. The van der Waals surface area contributed by atoms with Gasteiger partial charge in [-0.1, -0.05) is 56.6 Å². The molecule has 1 aliphatic heterocycles. The molecule has 0 radical (unpaired) electrons. The number of carbonyl (C=O) groups excluding carboxylic acids is 2. The highest BCUT2D eigenvalue weighted by Gasteiger charge is 2.48. The number of H-pyrrole nitrogens is 1. The van der Waals surface area contributed by atoms with Gasteiger partial charge in [0.15, 0.2) is 0 Å². The fourth-order valence-corrected chi connectivity index (χ4v) is 4.84. The van der Waals surface area contributed by atoms with Crippen molar-refractivity contribution in [3.63, 3.8) is 0 Å². The Kier molecular flexibility index (Phi) is 6.23. The zero-order valence-electron chi connectivity index (χ0n) is 21.2. The SMILES string of the molecule is COc1ccc(/C(O)=C2\C(=O)C(=O)N(c3nc4ccc(F)cc4[nH]3)C2c2ccc(C(C)(C)C)cc2)cc1Cl. The van der Waals surface area contributed by atoms with Crippen LogP contribution in [0.4, 0.5) is 10.3 Å². The number of hydrogen-bond acceptors (Lipinski definition) is 5. The van der Waals surface area contributed by atoms with E-state index in [1.54, 1.807) is 12.1 Å². The molecule has 3 aromatic carbocycles. The van der Waals surface area contributed by atoms with Crippen LogP contribution < -0.4 is 9.64 Å². The van der Waals surface area contributed by atoms with Crippen LogP contribution in [0.25, 0.3) is 16.8 Å². The van der Waals surface area contributed by atoms with E-state index in [-0.39, 0.29) is 33.3 Å². The van der Waals surface area contributed by atoms with Crippen LogP contribution in [0.15, 0.2) is 66.2 Å². The number of imidazole rings is 1. The molecule has 1 atom stereocenters. The van der Waals surface area contributed by atoms with Crippen molar-refractivity contribution in [2.24, 2.45) is 0 Å². The number of nitrogens with one attached hydrogen (secondary N) is 1. The number of carbonyl (C=O) groups is 2.